The third-order valence-electron chi connectivity index (χ3n) is 6.61. The number of amides is 1. The third-order valence-corrected chi connectivity index (χ3v) is 7.59. The fourth-order valence-corrected chi connectivity index (χ4v) is 4.81. The molecule has 1 aliphatic rings. The van der Waals surface area contributed by atoms with Crippen LogP contribution in [0.5, 0.6) is 5.75 Å². The van der Waals surface area contributed by atoms with Gasteiger partial charge in [0.1, 0.15) is 22.9 Å². The third kappa shape index (κ3) is 6.29. The van der Waals surface area contributed by atoms with E-state index in [1.807, 2.05) is 4.72 Å². The van der Waals surface area contributed by atoms with E-state index in [0.717, 1.165) is 30.6 Å². The van der Waals surface area contributed by atoms with Crippen LogP contribution in [-0.4, -0.2) is 42.0 Å². The van der Waals surface area contributed by atoms with Gasteiger partial charge in [-0.05, 0) is 42.7 Å². The lowest BCUT2D eigenvalue weighted by Crippen LogP contribution is -2.21. The summed E-state index contributed by atoms with van der Waals surface area (Å²) >= 11 is 0. The summed E-state index contributed by atoms with van der Waals surface area (Å²) in [4.78, 5) is 12.4. The van der Waals surface area contributed by atoms with Gasteiger partial charge >= 0.3 is 5.76 Å². The predicted molar refractivity (Wildman–Crippen MR) is 143 cm³/mol. The molecule has 0 unspecified atom stereocenters. The molecule has 4 aromatic rings. The highest BCUT2D eigenvalue weighted by Gasteiger charge is 2.27. The second kappa shape index (κ2) is 11.5. The van der Waals surface area contributed by atoms with Crippen LogP contribution in [0.25, 0.3) is 11.3 Å². The molecule has 41 heavy (non-hydrogen) atoms. The first-order chi connectivity index (χ1) is 19.6. The SMILES string of the molecule is NC(=O)c1c(Nc2cc(C3CCC3)on2)n[nH]c1-c1ccc(NS(=O)(=O)C(F)F)c(OCCc2ccc(F)cc2)c1. The van der Waals surface area contributed by atoms with Crippen molar-refractivity contribution in [3.8, 4) is 17.0 Å². The molecule has 1 saturated carbocycles. The molecule has 2 aromatic carbocycles. The zero-order valence-electron chi connectivity index (χ0n) is 21.4. The van der Waals surface area contributed by atoms with Gasteiger partial charge in [0.05, 0.1) is 18.0 Å². The summed E-state index contributed by atoms with van der Waals surface area (Å²) in [5.41, 5.74) is 6.56. The van der Waals surface area contributed by atoms with Crippen molar-refractivity contribution in [3.05, 3.63) is 71.2 Å². The van der Waals surface area contributed by atoms with Gasteiger partial charge in [0.15, 0.2) is 11.6 Å². The van der Waals surface area contributed by atoms with Gasteiger partial charge in [-0.3, -0.25) is 14.6 Å². The number of hydrogen-bond acceptors (Lipinski definition) is 8. The number of nitrogens with two attached hydrogens (primary N) is 1. The molecule has 0 bridgehead atoms. The zero-order chi connectivity index (χ0) is 29.1. The summed E-state index contributed by atoms with van der Waals surface area (Å²) in [6, 6.07) is 11.3. The molecule has 0 radical (unpaired) electrons. The van der Waals surface area contributed by atoms with Crippen LogP contribution in [0.15, 0.2) is 53.1 Å². The Balaban J connectivity index is 1.43. The fourth-order valence-electron chi connectivity index (χ4n) is 4.25. The normalized spacial score (nSPS) is 13.7. The maximum Gasteiger partial charge on any atom is 0.355 e. The standard InChI is InChI=1S/C26H25F3N6O5S/c27-17-7-4-14(5-8-17)10-11-39-20-12-16(6-9-18(20)35-41(37,38)26(28)29)23-22(24(30)36)25(33-32-23)31-21-13-19(40-34-21)15-2-1-3-15/h4-9,12-13,15,26,35H,1-3,10-11H2,(H2,30,36)(H2,31,32,33,34). The van der Waals surface area contributed by atoms with Crippen molar-refractivity contribution in [3.63, 3.8) is 0 Å². The summed E-state index contributed by atoms with van der Waals surface area (Å²) in [5.74, 6) is -3.61. The van der Waals surface area contributed by atoms with Gasteiger partial charge in [-0.1, -0.05) is 29.8 Å². The van der Waals surface area contributed by atoms with E-state index >= 15 is 0 Å². The topological polar surface area (TPSA) is 165 Å². The Morgan fingerprint density at radius 3 is 2.59 bits per heavy atom. The summed E-state index contributed by atoms with van der Waals surface area (Å²) in [5, 5.41) is 13.8. The molecule has 0 saturated heterocycles. The minimum absolute atomic E-state index is 0.00750. The molecule has 0 atom stereocenters. The smallest absolute Gasteiger partial charge is 0.355 e. The number of sulfonamides is 1. The number of aromatic amines is 1. The van der Waals surface area contributed by atoms with Crippen molar-refractivity contribution in [1.29, 1.82) is 0 Å². The molecule has 2 heterocycles. The van der Waals surface area contributed by atoms with Crippen LogP contribution in [-0.2, 0) is 16.4 Å². The lowest BCUT2D eigenvalue weighted by molar-refractivity contribution is 0.100. The van der Waals surface area contributed by atoms with E-state index in [1.54, 1.807) is 18.2 Å². The molecule has 15 heteroatoms. The van der Waals surface area contributed by atoms with E-state index in [2.05, 4.69) is 20.7 Å². The lowest BCUT2D eigenvalue weighted by atomic mass is 9.84. The van der Waals surface area contributed by atoms with Crippen LogP contribution in [0.4, 0.5) is 30.5 Å². The van der Waals surface area contributed by atoms with Crippen LogP contribution in [0.3, 0.4) is 0 Å². The number of benzene rings is 2. The van der Waals surface area contributed by atoms with E-state index in [1.165, 1.54) is 30.3 Å². The largest absolute Gasteiger partial charge is 0.491 e. The Bertz CT molecular complexity index is 1650. The Morgan fingerprint density at radius 1 is 1.17 bits per heavy atom. The molecule has 5 N–H and O–H groups in total. The molecule has 11 nitrogen and oxygen atoms in total. The first-order valence-electron chi connectivity index (χ1n) is 12.5. The van der Waals surface area contributed by atoms with Gasteiger partial charge in [0.2, 0.25) is 0 Å². The second-order valence-electron chi connectivity index (χ2n) is 9.40. The number of rotatable bonds is 12. The first kappa shape index (κ1) is 28.0. The number of carbonyl (C=O) groups is 1. The second-order valence-corrected chi connectivity index (χ2v) is 11.0. The van der Waals surface area contributed by atoms with Crippen molar-refractivity contribution in [2.45, 2.75) is 37.4 Å². The Morgan fingerprint density at radius 2 is 1.93 bits per heavy atom. The Kier molecular flexibility index (Phi) is 7.88. The molecule has 5 rings (SSSR count). The molecule has 1 aliphatic carbocycles. The van der Waals surface area contributed by atoms with Crippen LogP contribution >= 0.6 is 0 Å². The average molecular weight is 591 g/mol. The zero-order valence-corrected chi connectivity index (χ0v) is 22.2. The molecule has 2 aromatic heterocycles. The number of hydrogen-bond donors (Lipinski definition) is 4. The van der Waals surface area contributed by atoms with Crippen molar-refractivity contribution in [2.24, 2.45) is 5.73 Å². The molecule has 0 spiro atoms. The molecule has 0 aliphatic heterocycles. The van der Waals surface area contributed by atoms with Gasteiger partial charge in [-0.25, -0.2) is 12.8 Å². The highest BCUT2D eigenvalue weighted by atomic mass is 32.2. The van der Waals surface area contributed by atoms with Gasteiger partial charge in [-0.15, -0.1) is 0 Å². The van der Waals surface area contributed by atoms with E-state index in [9.17, 15) is 26.4 Å². The van der Waals surface area contributed by atoms with Crippen LogP contribution in [0.2, 0.25) is 0 Å². The highest BCUT2D eigenvalue weighted by Crippen LogP contribution is 2.38. The predicted octanol–water partition coefficient (Wildman–Crippen LogP) is 4.90. The molecule has 1 fully saturated rings. The first-order valence-corrected chi connectivity index (χ1v) is 14.1. The van der Waals surface area contributed by atoms with E-state index in [4.69, 9.17) is 15.0 Å². The maximum absolute atomic E-state index is 13.2. The van der Waals surface area contributed by atoms with Crippen molar-refractivity contribution in [1.82, 2.24) is 15.4 Å². The van der Waals surface area contributed by atoms with Gasteiger partial charge < -0.3 is 20.3 Å². The summed E-state index contributed by atoms with van der Waals surface area (Å²) in [6.45, 7) is -0.00750. The van der Waals surface area contributed by atoms with Crippen LogP contribution < -0.4 is 20.5 Å². The van der Waals surface area contributed by atoms with Crippen molar-refractivity contribution < 1.29 is 35.6 Å². The number of alkyl halides is 2. The average Bonchev–Trinajstić information content (AvgIpc) is 3.52. The minimum atomic E-state index is -5.01. The monoisotopic (exact) mass is 590 g/mol. The number of anilines is 3. The maximum atomic E-state index is 13.2. The van der Waals surface area contributed by atoms with Gasteiger partial charge in [0.25, 0.3) is 15.9 Å². The Hall–Kier alpha value is -4.53. The van der Waals surface area contributed by atoms with Gasteiger partial charge in [0, 0.05) is 24.0 Å². The number of nitrogens with zero attached hydrogens (tertiary/aromatic N) is 2. The van der Waals surface area contributed by atoms with Crippen molar-refractivity contribution >= 4 is 33.3 Å². The van der Waals surface area contributed by atoms with Crippen molar-refractivity contribution in [2.75, 3.05) is 16.6 Å². The fraction of sp³-hybridized carbons (Fsp3) is 0.269. The highest BCUT2D eigenvalue weighted by molar-refractivity contribution is 7.93. The minimum Gasteiger partial charge on any atom is -0.491 e. The van der Waals surface area contributed by atoms with Crippen LogP contribution in [0.1, 0.15) is 46.9 Å². The Labute approximate surface area is 232 Å². The van der Waals surface area contributed by atoms with E-state index < -0.39 is 27.5 Å². The molecule has 1 amide bonds. The number of primary amides is 1. The molecular formula is C26H25F3N6O5S. The quantitative estimate of drug-likeness (QED) is 0.181. The number of nitrogens with one attached hydrogen (secondary N) is 3. The van der Waals surface area contributed by atoms with E-state index in [-0.39, 0.29) is 35.1 Å². The summed E-state index contributed by atoms with van der Waals surface area (Å²) in [7, 11) is -5.01. The molecule has 216 valence electrons. The number of ether oxygens (including phenoxy) is 1. The molecular weight excluding hydrogens is 565 g/mol. The lowest BCUT2D eigenvalue weighted by Gasteiger charge is -2.21. The number of aromatic nitrogens is 3. The summed E-state index contributed by atoms with van der Waals surface area (Å²) < 4.78 is 76.0. The number of halogens is 3. The van der Waals surface area contributed by atoms with Crippen LogP contribution in [0, 0.1) is 5.82 Å². The number of carbonyl (C=O) groups excluding carboxylic acids is 1. The summed E-state index contributed by atoms with van der Waals surface area (Å²) in [6.07, 6.45) is 3.43. The number of H-pyrrole nitrogens is 1. The van der Waals surface area contributed by atoms with E-state index in [0.29, 0.717) is 23.7 Å². The van der Waals surface area contributed by atoms with Gasteiger partial charge in [-0.2, -0.15) is 13.9 Å².